The molecule has 0 atom stereocenters. The van der Waals surface area contributed by atoms with Crippen molar-refractivity contribution in [1.82, 2.24) is 10.2 Å². The van der Waals surface area contributed by atoms with Crippen LogP contribution in [0.2, 0.25) is 0 Å². The van der Waals surface area contributed by atoms with Gasteiger partial charge >= 0.3 is 0 Å². The van der Waals surface area contributed by atoms with E-state index in [0.29, 0.717) is 11.3 Å². The zero-order chi connectivity index (χ0) is 20.4. The molecular weight excluding hydrogens is 388 g/mol. The van der Waals surface area contributed by atoms with Crippen LogP contribution in [0.3, 0.4) is 0 Å². The van der Waals surface area contributed by atoms with Gasteiger partial charge in [-0.2, -0.15) is 5.10 Å². The fraction of sp³-hybridized carbons (Fsp3) is 0.143. The molecule has 0 spiro atoms. The Morgan fingerprint density at radius 1 is 1.14 bits per heavy atom. The number of carbonyl (C=O) groups is 1. The summed E-state index contributed by atoms with van der Waals surface area (Å²) < 4.78 is 27.9. The van der Waals surface area contributed by atoms with Crippen LogP contribution in [0, 0.1) is 0 Å². The molecule has 29 heavy (non-hydrogen) atoms. The Morgan fingerprint density at radius 2 is 1.93 bits per heavy atom. The van der Waals surface area contributed by atoms with Crippen molar-refractivity contribution in [2.75, 3.05) is 16.6 Å². The highest BCUT2D eigenvalue weighted by Crippen LogP contribution is 2.27. The van der Waals surface area contributed by atoms with Gasteiger partial charge < -0.3 is 5.32 Å². The SMILES string of the molecule is C/C(C=O)=C\c1ccc(-c2cc(NS(=O)(=O)c3ccc4c(c3)CCN4)n[nH]2)cc1. The van der Waals surface area contributed by atoms with Gasteiger partial charge in [-0.3, -0.25) is 14.6 Å². The minimum absolute atomic E-state index is 0.214. The maximum absolute atomic E-state index is 12.7. The lowest BCUT2D eigenvalue weighted by Crippen LogP contribution is -2.13. The van der Waals surface area contributed by atoms with E-state index in [4.69, 9.17) is 0 Å². The van der Waals surface area contributed by atoms with Crippen molar-refractivity contribution in [3.63, 3.8) is 0 Å². The van der Waals surface area contributed by atoms with Crippen LogP contribution < -0.4 is 10.0 Å². The molecule has 0 unspecified atom stereocenters. The first kappa shape index (κ1) is 18.9. The Morgan fingerprint density at radius 3 is 2.69 bits per heavy atom. The lowest BCUT2D eigenvalue weighted by molar-refractivity contribution is -0.104. The van der Waals surface area contributed by atoms with E-state index in [0.717, 1.165) is 41.6 Å². The fourth-order valence-corrected chi connectivity index (χ4v) is 4.27. The third-order valence-corrected chi connectivity index (χ3v) is 6.07. The molecule has 1 aliphatic rings. The number of benzene rings is 2. The largest absolute Gasteiger partial charge is 0.384 e. The Kier molecular flexibility index (Phi) is 4.94. The smallest absolute Gasteiger partial charge is 0.263 e. The number of sulfonamides is 1. The van der Waals surface area contributed by atoms with Crippen molar-refractivity contribution >= 4 is 33.9 Å². The van der Waals surface area contributed by atoms with Gasteiger partial charge in [0.1, 0.15) is 6.29 Å². The highest BCUT2D eigenvalue weighted by Gasteiger charge is 2.19. The number of nitrogens with zero attached hydrogens (tertiary/aromatic N) is 1. The predicted molar refractivity (Wildman–Crippen MR) is 113 cm³/mol. The summed E-state index contributed by atoms with van der Waals surface area (Å²) in [6.45, 7) is 2.56. The zero-order valence-electron chi connectivity index (χ0n) is 15.8. The second-order valence-corrected chi connectivity index (χ2v) is 8.58. The van der Waals surface area contributed by atoms with E-state index in [1.54, 1.807) is 37.3 Å². The van der Waals surface area contributed by atoms with Crippen LogP contribution in [0.15, 0.2) is 59.0 Å². The number of hydrogen-bond acceptors (Lipinski definition) is 5. The molecular formula is C21H20N4O3S. The van der Waals surface area contributed by atoms with Crippen molar-refractivity contribution in [2.24, 2.45) is 0 Å². The van der Waals surface area contributed by atoms with Crippen LogP contribution >= 0.6 is 0 Å². The molecule has 2 heterocycles. The summed E-state index contributed by atoms with van der Waals surface area (Å²) >= 11 is 0. The van der Waals surface area contributed by atoms with E-state index in [9.17, 15) is 13.2 Å². The summed E-state index contributed by atoms with van der Waals surface area (Å²) in [6.07, 6.45) is 3.40. The summed E-state index contributed by atoms with van der Waals surface area (Å²) in [5, 5.41) is 10.1. The van der Waals surface area contributed by atoms with E-state index in [2.05, 4.69) is 20.2 Å². The van der Waals surface area contributed by atoms with Crippen LogP contribution in [-0.4, -0.2) is 31.4 Å². The first-order chi connectivity index (χ1) is 13.9. The van der Waals surface area contributed by atoms with E-state index in [1.165, 1.54) is 0 Å². The van der Waals surface area contributed by atoms with Crippen LogP contribution in [0.1, 0.15) is 18.1 Å². The summed E-state index contributed by atoms with van der Waals surface area (Å²) in [5.74, 6) is 0.222. The number of aromatic amines is 1. The summed E-state index contributed by atoms with van der Waals surface area (Å²) in [4.78, 5) is 10.9. The van der Waals surface area contributed by atoms with Crippen LogP contribution in [0.4, 0.5) is 11.5 Å². The lowest BCUT2D eigenvalue weighted by atomic mass is 10.1. The Labute approximate surface area is 168 Å². The molecule has 0 saturated heterocycles. The molecule has 148 valence electrons. The van der Waals surface area contributed by atoms with Crippen LogP contribution in [0.5, 0.6) is 0 Å². The number of H-pyrrole nitrogens is 1. The molecule has 4 rings (SSSR count). The zero-order valence-corrected chi connectivity index (χ0v) is 16.6. The van der Waals surface area contributed by atoms with Gasteiger partial charge in [0.15, 0.2) is 5.82 Å². The van der Waals surface area contributed by atoms with E-state index >= 15 is 0 Å². The highest BCUT2D eigenvalue weighted by atomic mass is 32.2. The molecule has 2 aromatic carbocycles. The minimum atomic E-state index is -3.73. The molecule has 0 amide bonds. The van der Waals surface area contributed by atoms with Crippen LogP contribution in [-0.2, 0) is 21.2 Å². The minimum Gasteiger partial charge on any atom is -0.384 e. The lowest BCUT2D eigenvalue weighted by Gasteiger charge is -2.07. The Balaban J connectivity index is 1.52. The molecule has 3 N–H and O–H groups in total. The molecule has 3 aromatic rings. The van der Waals surface area contributed by atoms with Crippen LogP contribution in [0.25, 0.3) is 17.3 Å². The quantitative estimate of drug-likeness (QED) is 0.428. The fourth-order valence-electron chi connectivity index (χ4n) is 3.22. The number of aldehydes is 1. The van der Waals surface area contributed by atoms with Crippen molar-refractivity contribution in [3.05, 3.63) is 65.2 Å². The maximum atomic E-state index is 12.7. The van der Waals surface area contributed by atoms with Gasteiger partial charge in [0.25, 0.3) is 10.0 Å². The molecule has 8 heteroatoms. The maximum Gasteiger partial charge on any atom is 0.263 e. The van der Waals surface area contributed by atoms with E-state index in [-0.39, 0.29) is 10.7 Å². The molecule has 0 fully saturated rings. The third-order valence-electron chi connectivity index (χ3n) is 4.72. The number of carbonyl (C=O) groups excluding carboxylic acids is 1. The average molecular weight is 408 g/mol. The van der Waals surface area contributed by atoms with Crippen molar-refractivity contribution < 1.29 is 13.2 Å². The summed E-state index contributed by atoms with van der Waals surface area (Å²) in [6, 6.07) is 14.2. The number of hydrogen-bond donors (Lipinski definition) is 3. The van der Waals surface area contributed by atoms with Gasteiger partial charge in [0, 0.05) is 18.3 Å². The van der Waals surface area contributed by atoms with E-state index < -0.39 is 10.0 Å². The van der Waals surface area contributed by atoms with Gasteiger partial charge in [-0.1, -0.05) is 24.3 Å². The molecule has 0 saturated carbocycles. The number of allylic oxidation sites excluding steroid dienone is 1. The molecule has 0 radical (unpaired) electrons. The third kappa shape index (κ3) is 4.07. The van der Waals surface area contributed by atoms with Gasteiger partial charge in [-0.15, -0.1) is 0 Å². The monoisotopic (exact) mass is 408 g/mol. The van der Waals surface area contributed by atoms with Crippen molar-refractivity contribution in [1.29, 1.82) is 0 Å². The molecule has 1 aliphatic heterocycles. The standard InChI is InChI=1S/C21H20N4O3S/c1-14(13-26)10-15-2-4-16(5-3-15)20-12-21(24-23-20)25-29(27,28)18-6-7-19-17(11-18)8-9-22-19/h2-7,10-13,22H,8-9H2,1H3,(H2,23,24,25)/b14-10+. The number of anilines is 2. The topological polar surface area (TPSA) is 104 Å². The number of aromatic nitrogens is 2. The highest BCUT2D eigenvalue weighted by molar-refractivity contribution is 7.92. The van der Waals surface area contributed by atoms with Crippen molar-refractivity contribution in [3.8, 4) is 11.3 Å². The normalized spacial score (nSPS) is 13.6. The van der Waals surface area contributed by atoms with Gasteiger partial charge in [-0.25, -0.2) is 8.42 Å². The molecule has 0 aliphatic carbocycles. The van der Waals surface area contributed by atoms with Gasteiger partial charge in [0.05, 0.1) is 10.6 Å². The van der Waals surface area contributed by atoms with E-state index in [1.807, 2.05) is 24.3 Å². The summed E-state index contributed by atoms with van der Waals surface area (Å²) in [5.41, 5.74) is 5.06. The van der Waals surface area contributed by atoms with Crippen molar-refractivity contribution in [2.45, 2.75) is 18.2 Å². The second kappa shape index (κ2) is 7.56. The Bertz CT molecular complexity index is 1190. The number of rotatable bonds is 6. The summed E-state index contributed by atoms with van der Waals surface area (Å²) in [7, 11) is -3.73. The first-order valence-electron chi connectivity index (χ1n) is 9.13. The predicted octanol–water partition coefficient (Wildman–Crippen LogP) is 3.45. The molecule has 7 nitrogen and oxygen atoms in total. The molecule has 1 aromatic heterocycles. The number of fused-ring (bicyclic) bond motifs is 1. The second-order valence-electron chi connectivity index (χ2n) is 6.90. The molecule has 0 bridgehead atoms. The first-order valence-corrected chi connectivity index (χ1v) is 10.6. The van der Waals surface area contributed by atoms with Gasteiger partial charge in [-0.05, 0) is 59.9 Å². The van der Waals surface area contributed by atoms with Gasteiger partial charge in [0.2, 0.25) is 0 Å². The Hall–Kier alpha value is -3.39. The number of nitrogens with one attached hydrogen (secondary N) is 3. The average Bonchev–Trinajstić information content (AvgIpc) is 3.37.